The quantitative estimate of drug-likeness (QED) is 0.855. The molecule has 0 aliphatic carbocycles. The molecule has 0 aromatic heterocycles. The molecular weight excluding hydrogens is 260 g/mol. The van der Waals surface area contributed by atoms with Gasteiger partial charge < -0.3 is 15.7 Å². The zero-order chi connectivity index (χ0) is 11.4. The summed E-state index contributed by atoms with van der Waals surface area (Å²) in [5.41, 5.74) is 6.79. The van der Waals surface area contributed by atoms with Crippen molar-refractivity contribution in [1.82, 2.24) is 0 Å². The van der Waals surface area contributed by atoms with E-state index in [-0.39, 0.29) is 19.1 Å². The Morgan fingerprint density at radius 3 is 2.73 bits per heavy atom. The van der Waals surface area contributed by atoms with Crippen molar-refractivity contribution in [3.05, 3.63) is 28.2 Å². The summed E-state index contributed by atoms with van der Waals surface area (Å²) in [6, 6.07) is 5.45. The Kier molecular flexibility index (Phi) is 4.11. The lowest BCUT2D eigenvalue weighted by Crippen LogP contribution is -2.30. The molecule has 0 fully saturated rings. The Balaban J connectivity index is 2.90. The van der Waals surface area contributed by atoms with Gasteiger partial charge in [0.2, 0.25) is 5.91 Å². The summed E-state index contributed by atoms with van der Waals surface area (Å²) in [4.78, 5) is 12.5. The lowest BCUT2D eigenvalue weighted by atomic mass is 10.2. The second-order valence-electron chi connectivity index (χ2n) is 3.27. The third-order valence-corrected chi connectivity index (χ3v) is 2.63. The van der Waals surface area contributed by atoms with Crippen molar-refractivity contribution in [2.45, 2.75) is 6.61 Å². The molecule has 0 aliphatic heterocycles. The van der Waals surface area contributed by atoms with Crippen molar-refractivity contribution in [3.63, 3.8) is 0 Å². The average Bonchev–Trinajstić information content (AvgIpc) is 2.16. The van der Waals surface area contributed by atoms with E-state index < -0.39 is 0 Å². The molecule has 0 saturated carbocycles. The fourth-order valence-electron chi connectivity index (χ4n) is 1.28. The van der Waals surface area contributed by atoms with Gasteiger partial charge in [-0.25, -0.2) is 0 Å². The molecule has 0 saturated heterocycles. The van der Waals surface area contributed by atoms with Crippen LogP contribution in [0.1, 0.15) is 5.56 Å². The molecule has 1 aromatic carbocycles. The maximum absolute atomic E-state index is 10.7. The maximum Gasteiger partial charge on any atom is 0.236 e. The van der Waals surface area contributed by atoms with Gasteiger partial charge in [-0.05, 0) is 33.6 Å². The third kappa shape index (κ3) is 3.21. The number of aliphatic hydroxyl groups is 1. The van der Waals surface area contributed by atoms with Gasteiger partial charge in [0.15, 0.2) is 0 Å². The number of nitrogens with zero attached hydrogens (tertiary/aromatic N) is 1. The van der Waals surface area contributed by atoms with E-state index >= 15 is 0 Å². The monoisotopic (exact) mass is 272 g/mol. The van der Waals surface area contributed by atoms with Crippen LogP contribution in [-0.4, -0.2) is 24.6 Å². The number of anilines is 1. The fraction of sp³-hybridized carbons (Fsp3) is 0.300. The van der Waals surface area contributed by atoms with Crippen LogP contribution in [-0.2, 0) is 11.4 Å². The van der Waals surface area contributed by atoms with E-state index in [9.17, 15) is 4.79 Å². The summed E-state index contributed by atoms with van der Waals surface area (Å²) < 4.78 is 0.831. The number of hydrogen-bond acceptors (Lipinski definition) is 3. The molecule has 1 aromatic rings. The Morgan fingerprint density at radius 2 is 2.27 bits per heavy atom. The van der Waals surface area contributed by atoms with Gasteiger partial charge in [-0.3, -0.25) is 4.79 Å². The minimum Gasteiger partial charge on any atom is -0.392 e. The molecule has 1 rings (SSSR count). The Labute approximate surface area is 96.8 Å². The highest BCUT2D eigenvalue weighted by atomic mass is 79.9. The number of primary amides is 1. The van der Waals surface area contributed by atoms with Gasteiger partial charge >= 0.3 is 0 Å². The van der Waals surface area contributed by atoms with E-state index in [1.54, 1.807) is 18.0 Å². The van der Waals surface area contributed by atoms with Crippen LogP contribution in [0, 0.1) is 0 Å². The molecule has 82 valence electrons. The number of carbonyl (C=O) groups is 1. The fourth-order valence-corrected chi connectivity index (χ4v) is 2.01. The number of hydrogen-bond donors (Lipinski definition) is 2. The first kappa shape index (κ1) is 12.0. The van der Waals surface area contributed by atoms with Crippen molar-refractivity contribution in [1.29, 1.82) is 0 Å². The molecule has 0 aliphatic rings. The van der Waals surface area contributed by atoms with Gasteiger partial charge in [-0.15, -0.1) is 0 Å². The van der Waals surface area contributed by atoms with Crippen LogP contribution in [0.4, 0.5) is 5.69 Å². The third-order valence-electron chi connectivity index (χ3n) is 2.00. The van der Waals surface area contributed by atoms with E-state index in [0.29, 0.717) is 0 Å². The first-order valence-electron chi connectivity index (χ1n) is 4.43. The van der Waals surface area contributed by atoms with Crippen LogP contribution in [0.2, 0.25) is 0 Å². The minimum absolute atomic E-state index is 0.00157. The van der Waals surface area contributed by atoms with Gasteiger partial charge in [-0.2, -0.15) is 0 Å². The molecule has 3 N–H and O–H groups in total. The van der Waals surface area contributed by atoms with Crippen molar-refractivity contribution in [2.75, 3.05) is 18.5 Å². The van der Waals surface area contributed by atoms with Crippen molar-refractivity contribution >= 4 is 27.5 Å². The molecule has 0 radical (unpaired) electrons. The zero-order valence-corrected chi connectivity index (χ0v) is 9.99. The summed E-state index contributed by atoms with van der Waals surface area (Å²) >= 11 is 3.37. The smallest absolute Gasteiger partial charge is 0.236 e. The zero-order valence-electron chi connectivity index (χ0n) is 8.40. The lowest BCUT2D eigenvalue weighted by Gasteiger charge is -2.19. The Hall–Kier alpha value is -1.07. The van der Waals surface area contributed by atoms with E-state index in [1.165, 1.54) is 0 Å². The van der Waals surface area contributed by atoms with E-state index in [1.807, 2.05) is 12.1 Å². The summed E-state index contributed by atoms with van der Waals surface area (Å²) in [7, 11) is 1.78. The van der Waals surface area contributed by atoms with Crippen LogP contribution in [0.3, 0.4) is 0 Å². The summed E-state index contributed by atoms with van der Waals surface area (Å²) in [5, 5.41) is 8.93. The summed E-state index contributed by atoms with van der Waals surface area (Å²) in [6.45, 7) is 0.162. The highest BCUT2D eigenvalue weighted by Gasteiger charge is 2.08. The first-order valence-corrected chi connectivity index (χ1v) is 5.22. The number of likely N-dealkylation sites (N-methyl/N-ethyl adjacent to an activating group) is 1. The molecule has 15 heavy (non-hydrogen) atoms. The van der Waals surface area contributed by atoms with Gasteiger partial charge in [0, 0.05) is 11.5 Å². The predicted octanol–water partition coefficient (Wildman–Crippen LogP) is 0.863. The van der Waals surface area contributed by atoms with Gasteiger partial charge in [-0.1, -0.05) is 6.07 Å². The number of rotatable bonds is 4. The number of nitrogens with two attached hydrogens (primary N) is 1. The van der Waals surface area contributed by atoms with Gasteiger partial charge in [0.05, 0.1) is 18.8 Å². The SMILES string of the molecule is CN(CC(N)=O)c1ccc(CO)cc1Br. The van der Waals surface area contributed by atoms with Crippen LogP contribution in [0.25, 0.3) is 0 Å². The molecule has 0 unspecified atom stereocenters. The number of benzene rings is 1. The van der Waals surface area contributed by atoms with Crippen LogP contribution in [0.5, 0.6) is 0 Å². The standard InChI is InChI=1S/C10H13BrN2O2/c1-13(5-10(12)15)9-3-2-7(6-14)4-8(9)11/h2-4,14H,5-6H2,1H3,(H2,12,15). The van der Waals surface area contributed by atoms with Crippen LogP contribution in [0.15, 0.2) is 22.7 Å². The molecule has 0 heterocycles. The van der Waals surface area contributed by atoms with Crippen molar-refractivity contribution in [3.8, 4) is 0 Å². The van der Waals surface area contributed by atoms with E-state index in [4.69, 9.17) is 10.8 Å². The van der Waals surface area contributed by atoms with E-state index in [2.05, 4.69) is 15.9 Å². The summed E-state index contributed by atoms with van der Waals surface area (Å²) in [5.74, 6) is -0.379. The van der Waals surface area contributed by atoms with Crippen molar-refractivity contribution < 1.29 is 9.90 Å². The van der Waals surface area contributed by atoms with Gasteiger partial charge in [0.25, 0.3) is 0 Å². The molecule has 5 heteroatoms. The normalized spacial score (nSPS) is 10.1. The highest BCUT2D eigenvalue weighted by Crippen LogP contribution is 2.26. The average molecular weight is 273 g/mol. The molecule has 1 amide bonds. The summed E-state index contributed by atoms with van der Waals surface area (Å²) in [6.07, 6.45) is 0. The Morgan fingerprint density at radius 1 is 1.60 bits per heavy atom. The number of amides is 1. The number of halogens is 1. The first-order chi connectivity index (χ1) is 7.04. The topological polar surface area (TPSA) is 66.6 Å². The van der Waals surface area contributed by atoms with Crippen molar-refractivity contribution in [2.24, 2.45) is 5.73 Å². The largest absolute Gasteiger partial charge is 0.392 e. The van der Waals surface area contributed by atoms with Gasteiger partial charge in [0.1, 0.15) is 0 Å². The maximum atomic E-state index is 10.7. The molecule has 4 nitrogen and oxygen atoms in total. The van der Waals surface area contributed by atoms with E-state index in [0.717, 1.165) is 15.7 Å². The second-order valence-corrected chi connectivity index (χ2v) is 4.12. The van der Waals surface area contributed by atoms with Crippen LogP contribution >= 0.6 is 15.9 Å². The highest BCUT2D eigenvalue weighted by molar-refractivity contribution is 9.10. The molecule has 0 bridgehead atoms. The second kappa shape index (κ2) is 5.14. The minimum atomic E-state index is -0.379. The molecular formula is C10H13BrN2O2. The van der Waals surface area contributed by atoms with Crippen LogP contribution < -0.4 is 10.6 Å². The molecule has 0 atom stereocenters. The predicted molar refractivity (Wildman–Crippen MR) is 62.5 cm³/mol. The number of aliphatic hydroxyl groups excluding tert-OH is 1. The lowest BCUT2D eigenvalue weighted by molar-refractivity contribution is -0.116. The Bertz CT molecular complexity index is 368. The number of carbonyl (C=O) groups excluding carboxylic acids is 1. The molecule has 0 spiro atoms.